The summed E-state index contributed by atoms with van der Waals surface area (Å²) in [6, 6.07) is 5.01. The molecule has 0 bridgehead atoms. The van der Waals surface area contributed by atoms with Gasteiger partial charge in [0.2, 0.25) is 0 Å². The van der Waals surface area contributed by atoms with Gasteiger partial charge in [-0.15, -0.1) is 13.6 Å². The molecule has 1 amide bonds. The van der Waals surface area contributed by atoms with E-state index in [1.165, 1.54) is 19.1 Å². The largest absolute Gasteiger partial charge is 3.00 e. The van der Waals surface area contributed by atoms with Crippen LogP contribution >= 0.6 is 24.8 Å². The Morgan fingerprint density at radius 3 is 1.44 bits per heavy atom. The van der Waals surface area contributed by atoms with Crippen molar-refractivity contribution in [1.82, 2.24) is 0 Å². The molecule has 4 atom stereocenters. The summed E-state index contributed by atoms with van der Waals surface area (Å²) in [5, 5.41) is 0. The monoisotopic (exact) mass is 630 g/mol. The molecule has 218 valence electrons. The molecule has 0 saturated heterocycles. The summed E-state index contributed by atoms with van der Waals surface area (Å²) in [4.78, 5) is 53.8. The summed E-state index contributed by atoms with van der Waals surface area (Å²) in [7, 11) is -5.05. The molecule has 0 heterocycles. The molecule has 1 aromatic rings. The molecule has 0 fully saturated rings. The first-order chi connectivity index (χ1) is 17.7. The van der Waals surface area contributed by atoms with Crippen molar-refractivity contribution in [3.05, 3.63) is 29.3 Å². The summed E-state index contributed by atoms with van der Waals surface area (Å²) in [5.74, 6) is -0.736. The fraction of sp³-hybridized carbons (Fsp3) is 0.619. The Bertz CT molecular complexity index is 819. The van der Waals surface area contributed by atoms with Gasteiger partial charge in [-0.3, -0.25) is 9.69 Å². The molecular weight excluding hydrogens is 594 g/mol. The van der Waals surface area contributed by atoms with Gasteiger partial charge in [-0.1, -0.05) is 18.2 Å². The van der Waals surface area contributed by atoms with Crippen molar-refractivity contribution in [3.63, 3.8) is 0 Å². The van der Waals surface area contributed by atoms with Crippen LogP contribution in [0.1, 0.15) is 38.8 Å². The van der Waals surface area contributed by atoms with Gasteiger partial charge in [-0.05, 0) is 66.4 Å². The molecule has 4 unspecified atom stereocenters. The third kappa shape index (κ3) is 24.2. The van der Waals surface area contributed by atoms with Crippen LogP contribution in [0, 0.1) is 13.8 Å². The number of benzene rings is 1. The van der Waals surface area contributed by atoms with Gasteiger partial charge >= 0.3 is 48.1 Å². The van der Waals surface area contributed by atoms with E-state index >= 15 is 0 Å². The number of rotatable bonds is 11. The van der Waals surface area contributed by atoms with Crippen LogP contribution in [-0.4, -0.2) is 75.9 Å². The van der Waals surface area contributed by atoms with E-state index in [9.17, 15) is 38.0 Å². The van der Waals surface area contributed by atoms with Crippen molar-refractivity contribution in [3.8, 4) is 0 Å². The second kappa shape index (κ2) is 28.2. The van der Waals surface area contributed by atoms with E-state index in [0.29, 0.717) is 0 Å². The third-order valence-corrected chi connectivity index (χ3v) is 5.26. The first kappa shape index (κ1) is 44.7. The second-order valence-corrected chi connectivity index (χ2v) is 8.68. The smallest absolute Gasteiger partial charge is 0.566 e. The van der Waals surface area contributed by atoms with Crippen LogP contribution < -0.4 is 19.6 Å². The quantitative estimate of drug-likeness (QED) is 0.194. The van der Waals surface area contributed by atoms with Crippen molar-refractivity contribution < 1.29 is 61.0 Å². The van der Waals surface area contributed by atoms with E-state index in [1.54, 1.807) is 27.7 Å². The van der Waals surface area contributed by atoms with Gasteiger partial charge in [0.15, 0.2) is 0 Å². The van der Waals surface area contributed by atoms with Crippen LogP contribution in [0.2, 0.25) is 0 Å². The molecule has 18 heteroatoms. The van der Waals surface area contributed by atoms with Gasteiger partial charge in [0.05, 0.1) is 32.6 Å². The van der Waals surface area contributed by atoms with Crippen molar-refractivity contribution in [2.45, 2.75) is 47.6 Å². The topological polar surface area (TPSA) is 204 Å². The number of hydrogen-bond donors (Lipinski definition) is 0. The van der Waals surface area contributed by atoms with Crippen LogP contribution in [0.3, 0.4) is 0 Å². The van der Waals surface area contributed by atoms with Crippen molar-refractivity contribution in [2.24, 2.45) is 0 Å². The second-order valence-electron chi connectivity index (χ2n) is 6.56. The average Bonchev–Trinajstić information content (AvgIpc) is 2.81. The van der Waals surface area contributed by atoms with E-state index in [1.807, 2.05) is 32.0 Å². The van der Waals surface area contributed by atoms with Gasteiger partial charge in [-0.25, -0.2) is 4.79 Å². The van der Waals surface area contributed by atoms with Crippen LogP contribution in [0.15, 0.2) is 18.2 Å². The first-order valence-corrected chi connectivity index (χ1v) is 14.3. The molecule has 0 spiro atoms. The summed E-state index contributed by atoms with van der Waals surface area (Å²) in [5.41, 5.74) is 2.57. The Labute approximate surface area is 242 Å². The van der Waals surface area contributed by atoms with Gasteiger partial charge in [0, 0.05) is 7.11 Å². The Balaban J connectivity index is -0.000000264. The maximum absolute atomic E-state index is 12.3. The molecule has 0 aliphatic carbocycles. The number of carbonyl (C=O) groups excluding carboxylic acids is 2. The summed E-state index contributed by atoms with van der Waals surface area (Å²) < 4.78 is 49.9. The predicted octanol–water partition coefficient (Wildman–Crippen LogP) is 1.59. The molecule has 0 saturated carbocycles. The Morgan fingerprint density at radius 1 is 0.846 bits per heavy atom. The summed E-state index contributed by atoms with van der Waals surface area (Å²) in [6.07, 6.45) is 0. The summed E-state index contributed by atoms with van der Waals surface area (Å²) in [6.45, 7) is 10.9. The van der Waals surface area contributed by atoms with Crippen LogP contribution in [0.5, 0.6) is 0 Å². The average molecular weight is 630 g/mol. The standard InChI is InChI=1S/C15H21NO4.3C2H5O3P.Al/c1-10-7-6-8-11(2)14(10)16(13(17)9-19-4)12(3)15(18)20-5;3*1-2-5-6(3)4;/h6-8,12H,9H2,1-5H3;3*2H2,1H3;/q;;;;+3. The van der Waals surface area contributed by atoms with Gasteiger partial charge < -0.3 is 24.2 Å². The number of nitrogens with zero attached hydrogens (tertiary/aromatic N) is 1. The first-order valence-electron chi connectivity index (χ1n) is 11.0. The zero-order valence-electron chi connectivity index (χ0n) is 23.3. The number of carbonyl (C=O) groups is 2. The number of amides is 1. The minimum atomic E-state index is -2.60. The zero-order valence-corrected chi connectivity index (χ0v) is 27.1. The Morgan fingerprint density at radius 2 is 1.21 bits per heavy atom. The number of methoxy groups -OCH3 is 2. The molecule has 1 rings (SSSR count). The number of para-hydroxylation sites is 1. The fourth-order valence-corrected chi connectivity index (χ4v) is 3.14. The minimum Gasteiger partial charge on any atom is -0.566 e. The van der Waals surface area contributed by atoms with Crippen molar-refractivity contribution in [2.75, 3.05) is 45.5 Å². The maximum Gasteiger partial charge on any atom is 3.00 e. The Hall–Kier alpha value is -1.29. The van der Waals surface area contributed by atoms with Crippen LogP contribution in [-0.2, 0) is 46.3 Å². The number of anilines is 1. The van der Waals surface area contributed by atoms with E-state index < -0.39 is 36.8 Å². The van der Waals surface area contributed by atoms with E-state index in [4.69, 9.17) is 9.47 Å². The van der Waals surface area contributed by atoms with Gasteiger partial charge in [0.25, 0.3) is 5.91 Å². The Kier molecular flexibility index (Phi) is 32.4. The van der Waals surface area contributed by atoms with Crippen LogP contribution in [0.25, 0.3) is 0 Å². The van der Waals surface area contributed by atoms with Crippen LogP contribution in [0.4, 0.5) is 5.69 Å². The molecule has 0 aliphatic heterocycles. The maximum atomic E-state index is 12.3. The van der Waals surface area contributed by atoms with Crippen molar-refractivity contribution >= 4 is 59.7 Å². The van der Waals surface area contributed by atoms with E-state index in [0.717, 1.165) is 16.8 Å². The number of aryl methyl sites for hydroxylation is 2. The molecule has 0 radical (unpaired) electrons. The number of hydrogen-bond acceptors (Lipinski definition) is 13. The van der Waals surface area contributed by atoms with E-state index in [2.05, 4.69) is 13.6 Å². The molecule has 14 nitrogen and oxygen atoms in total. The van der Waals surface area contributed by atoms with Crippen molar-refractivity contribution in [1.29, 1.82) is 0 Å². The minimum absolute atomic E-state index is 0. The molecule has 0 aromatic heterocycles. The van der Waals surface area contributed by atoms with E-state index in [-0.39, 0.29) is 49.7 Å². The molecular formula is C21H36AlNO13P3+3. The normalized spacial score (nSPS) is 11.3. The zero-order chi connectivity index (χ0) is 30.3. The molecule has 0 aliphatic rings. The third-order valence-electron chi connectivity index (χ3n) is 3.85. The molecule has 0 N–H and O–H groups in total. The SMILES string of the molecule is CCO[P+](=O)[O-].CCO[P+](=O)[O-].CCO[P+](=O)[O-].COCC(=O)N(c1c(C)cccc1C)C(C)C(=O)OC.[Al+3]. The number of ether oxygens (including phenoxy) is 2. The predicted molar refractivity (Wildman–Crippen MR) is 140 cm³/mol. The van der Waals surface area contributed by atoms with Gasteiger partial charge in [0.1, 0.15) is 12.6 Å². The van der Waals surface area contributed by atoms with Gasteiger partial charge in [-0.2, -0.15) is 0 Å². The fourth-order valence-electron chi connectivity index (χ4n) is 2.51. The molecule has 1 aromatic carbocycles. The summed E-state index contributed by atoms with van der Waals surface area (Å²) >= 11 is 0. The number of esters is 1. The molecule has 39 heavy (non-hydrogen) atoms.